The lowest BCUT2D eigenvalue weighted by atomic mass is 10.3. The molecule has 5 heteroatoms. The monoisotopic (exact) mass is 389 g/mol. The largest absolute Gasteiger partial charge is 0.497 e. The van der Waals surface area contributed by atoms with Crippen molar-refractivity contribution in [2.75, 3.05) is 7.11 Å². The predicted octanol–water partition coefficient (Wildman–Crippen LogP) is 4.58. The quantitative estimate of drug-likeness (QED) is 0.414. The number of hydrogen-bond donors (Lipinski definition) is 0. The van der Waals surface area contributed by atoms with Gasteiger partial charge in [0.15, 0.2) is 1.47 Å². The van der Waals surface area contributed by atoms with Crippen LogP contribution in [0.25, 0.3) is 0 Å². The summed E-state index contributed by atoms with van der Waals surface area (Å²) in [5, 5.41) is 0. The first kappa shape index (κ1) is 11.9. The van der Waals surface area contributed by atoms with Crippen molar-refractivity contribution < 1.29 is 4.74 Å². The van der Waals surface area contributed by atoms with Gasteiger partial charge in [-0.15, -0.1) is 0 Å². The van der Waals surface area contributed by atoms with E-state index < -0.39 is 0 Å². The topological polar surface area (TPSA) is 9.23 Å². The molecule has 0 heterocycles. The number of ether oxygens (including phenoxy) is 1. The second-order valence-electron chi connectivity index (χ2n) is 2.22. The third-order valence-corrected chi connectivity index (χ3v) is 3.49. The molecule has 0 radical (unpaired) electrons. The lowest BCUT2D eigenvalue weighted by Crippen LogP contribution is -1.90. The van der Waals surface area contributed by atoms with Crippen LogP contribution in [-0.2, 0) is 0 Å². The average Bonchev–Trinajstić information content (AvgIpc) is 2.03. The lowest BCUT2D eigenvalue weighted by molar-refractivity contribution is 0.414. The van der Waals surface area contributed by atoms with Crippen LogP contribution in [0, 0.1) is 0 Å². The Labute approximate surface area is 107 Å². The van der Waals surface area contributed by atoms with Crippen LogP contribution in [0.2, 0.25) is 0 Å². The smallest absolute Gasteiger partial charge is 0.184 e. The van der Waals surface area contributed by atoms with E-state index in [2.05, 4.69) is 47.8 Å². The van der Waals surface area contributed by atoms with E-state index in [0.29, 0.717) is 0 Å². The Morgan fingerprint density at radius 2 is 1.69 bits per heavy atom. The highest BCUT2D eigenvalue weighted by atomic mass is 80.0. The summed E-state index contributed by atoms with van der Waals surface area (Å²) in [7, 11) is 1.66. The van der Waals surface area contributed by atoms with Crippen molar-refractivity contribution in [1.29, 1.82) is 0 Å². The lowest BCUT2D eigenvalue weighted by Gasteiger charge is -2.11. The van der Waals surface area contributed by atoms with Gasteiger partial charge in [-0.25, -0.2) is 0 Å². The van der Waals surface area contributed by atoms with Gasteiger partial charge in [0.2, 0.25) is 0 Å². The number of halogens is 3. The second-order valence-corrected chi connectivity index (χ2v) is 11.8. The zero-order chi connectivity index (χ0) is 9.90. The fourth-order valence-electron chi connectivity index (χ4n) is 0.777. The van der Waals surface area contributed by atoms with Crippen LogP contribution in [0.15, 0.2) is 29.2 Å². The van der Waals surface area contributed by atoms with Crippen molar-refractivity contribution in [3.05, 3.63) is 24.3 Å². The van der Waals surface area contributed by atoms with E-state index in [-0.39, 0.29) is 1.47 Å². The number of alkyl halides is 3. The molecule has 0 saturated heterocycles. The van der Waals surface area contributed by atoms with Gasteiger partial charge in [0.25, 0.3) is 0 Å². The van der Waals surface area contributed by atoms with Gasteiger partial charge in [-0.2, -0.15) is 0 Å². The number of hydrogen-bond acceptors (Lipinski definition) is 2. The van der Waals surface area contributed by atoms with Crippen LogP contribution in [0.5, 0.6) is 5.75 Å². The van der Waals surface area contributed by atoms with Crippen molar-refractivity contribution in [3.63, 3.8) is 0 Å². The number of methoxy groups -OCH3 is 1. The summed E-state index contributed by atoms with van der Waals surface area (Å²) in [5.74, 6) is 0.869. The van der Waals surface area contributed by atoms with E-state index in [1.807, 2.05) is 24.3 Å². The zero-order valence-electron chi connectivity index (χ0n) is 6.76. The predicted molar refractivity (Wildman–Crippen MR) is 68.4 cm³/mol. The first-order valence-corrected chi connectivity index (χ1v) is 6.60. The molecule has 0 spiro atoms. The normalized spacial score (nSPS) is 11.4. The Hall–Kier alpha value is 0.810. The Morgan fingerprint density at radius 1 is 1.15 bits per heavy atom. The molecule has 0 unspecified atom stereocenters. The average molecular weight is 392 g/mol. The minimum absolute atomic E-state index is 0.290. The summed E-state index contributed by atoms with van der Waals surface area (Å²) >= 11 is 11.9. The molecular weight excluding hydrogens is 385 g/mol. The Morgan fingerprint density at radius 3 is 2.08 bits per heavy atom. The van der Waals surface area contributed by atoms with Gasteiger partial charge in [0, 0.05) is 4.90 Å². The van der Waals surface area contributed by atoms with Crippen molar-refractivity contribution in [3.8, 4) is 5.75 Å². The van der Waals surface area contributed by atoms with E-state index in [1.165, 1.54) is 0 Å². The van der Waals surface area contributed by atoms with Gasteiger partial charge in [-0.1, -0.05) is 11.8 Å². The Bertz CT molecular complexity index is 268. The van der Waals surface area contributed by atoms with E-state index in [1.54, 1.807) is 18.9 Å². The first-order valence-electron chi connectivity index (χ1n) is 3.41. The fraction of sp³-hybridized carbons (Fsp3) is 0.250. The summed E-state index contributed by atoms with van der Waals surface area (Å²) in [6.45, 7) is 0. The molecule has 13 heavy (non-hydrogen) atoms. The Kier molecular flexibility index (Phi) is 4.62. The maximum absolute atomic E-state index is 5.05. The minimum Gasteiger partial charge on any atom is -0.497 e. The molecule has 0 amide bonds. The maximum Gasteiger partial charge on any atom is 0.184 e. The highest BCUT2D eigenvalue weighted by Crippen LogP contribution is 2.48. The van der Waals surface area contributed by atoms with Crippen LogP contribution >= 0.6 is 59.6 Å². The SMILES string of the molecule is COc1ccc(S[13C](Br)(Br)Br)cc1. The molecule has 1 rings (SSSR count). The minimum atomic E-state index is -0.290. The van der Waals surface area contributed by atoms with Crippen LogP contribution in [0.1, 0.15) is 0 Å². The van der Waals surface area contributed by atoms with Gasteiger partial charge in [-0.3, -0.25) is 0 Å². The third kappa shape index (κ3) is 4.72. The molecule has 0 saturated carbocycles. The summed E-state index contributed by atoms with van der Waals surface area (Å²) in [5.41, 5.74) is 0. The molecule has 0 atom stereocenters. The van der Waals surface area contributed by atoms with Gasteiger partial charge < -0.3 is 4.74 Å². The number of rotatable bonds is 2. The van der Waals surface area contributed by atoms with Gasteiger partial charge >= 0.3 is 0 Å². The summed E-state index contributed by atoms with van der Waals surface area (Å²) in [4.78, 5) is 1.14. The van der Waals surface area contributed by atoms with E-state index in [0.717, 1.165) is 10.6 Å². The summed E-state index contributed by atoms with van der Waals surface area (Å²) in [6.07, 6.45) is 0. The molecule has 0 aliphatic carbocycles. The fourth-order valence-corrected chi connectivity index (χ4v) is 3.00. The van der Waals surface area contributed by atoms with Crippen LogP contribution in [0.3, 0.4) is 0 Å². The summed E-state index contributed by atoms with van der Waals surface area (Å²) in [6, 6.07) is 7.87. The third-order valence-electron chi connectivity index (χ3n) is 1.29. The van der Waals surface area contributed by atoms with E-state index in [4.69, 9.17) is 4.74 Å². The number of benzene rings is 1. The molecule has 1 aromatic rings. The van der Waals surface area contributed by atoms with Crippen molar-refractivity contribution in [1.82, 2.24) is 0 Å². The maximum atomic E-state index is 5.05. The molecule has 0 N–H and O–H groups in total. The molecule has 0 fully saturated rings. The van der Waals surface area contributed by atoms with E-state index >= 15 is 0 Å². The highest BCUT2D eigenvalue weighted by Gasteiger charge is 2.18. The molecule has 0 aromatic heterocycles. The summed E-state index contributed by atoms with van der Waals surface area (Å²) < 4.78 is 4.76. The molecule has 72 valence electrons. The van der Waals surface area contributed by atoms with Crippen LogP contribution in [0.4, 0.5) is 0 Å². The molecule has 1 aromatic carbocycles. The standard InChI is InChI=1S/C8H7Br3OS/c1-12-6-2-4-7(5-3-6)13-8(9,10)11/h2-5H,1H3/i8+1. The van der Waals surface area contributed by atoms with Gasteiger partial charge in [0.05, 0.1) is 7.11 Å². The van der Waals surface area contributed by atoms with Crippen LogP contribution in [-0.4, -0.2) is 8.58 Å². The van der Waals surface area contributed by atoms with Crippen molar-refractivity contribution in [2.45, 2.75) is 6.37 Å². The first-order chi connectivity index (χ1) is 6.01. The van der Waals surface area contributed by atoms with Crippen molar-refractivity contribution in [2.24, 2.45) is 0 Å². The van der Waals surface area contributed by atoms with Crippen LogP contribution < -0.4 is 4.74 Å². The second kappa shape index (κ2) is 5.05. The highest BCUT2D eigenvalue weighted by molar-refractivity contribution is 9.42. The molecule has 0 aliphatic rings. The van der Waals surface area contributed by atoms with Crippen molar-refractivity contribution >= 4 is 59.6 Å². The van der Waals surface area contributed by atoms with E-state index in [9.17, 15) is 0 Å². The molecule has 0 aliphatic heterocycles. The molecular formula is C8H7Br3OS. The van der Waals surface area contributed by atoms with Gasteiger partial charge in [0.1, 0.15) is 5.75 Å². The molecule has 0 bridgehead atoms. The number of thioether (sulfide) groups is 1. The van der Waals surface area contributed by atoms with Gasteiger partial charge in [-0.05, 0) is 72.1 Å². The Balaban J connectivity index is 2.70. The zero-order valence-corrected chi connectivity index (χ0v) is 12.3. The molecule has 1 nitrogen and oxygen atoms in total.